The summed E-state index contributed by atoms with van der Waals surface area (Å²) in [7, 11) is 2.04. The minimum absolute atomic E-state index is 0.657. The quantitative estimate of drug-likeness (QED) is 0.707. The van der Waals surface area contributed by atoms with Gasteiger partial charge in [0.1, 0.15) is 0 Å². The normalized spacial score (nSPS) is 21.9. The van der Waals surface area contributed by atoms with E-state index >= 15 is 0 Å². The summed E-state index contributed by atoms with van der Waals surface area (Å²) < 4.78 is 0. The van der Waals surface area contributed by atoms with E-state index in [1.54, 1.807) is 0 Å². The summed E-state index contributed by atoms with van der Waals surface area (Å²) in [5.41, 5.74) is 1.49. The maximum Gasteiger partial charge on any atom is 0.0199 e. The highest BCUT2D eigenvalue weighted by Gasteiger charge is 2.16. The fraction of sp³-hybridized carbons (Fsp3) is 0.400. The van der Waals surface area contributed by atoms with Gasteiger partial charge in [0.2, 0.25) is 0 Å². The molecule has 1 nitrogen and oxygen atoms in total. The molecular weight excluding hydrogens is 166 g/mol. The molecule has 1 aliphatic heterocycles. The molecule has 0 fully saturated rings. The second-order valence-corrected chi connectivity index (χ2v) is 4.17. The highest BCUT2D eigenvalue weighted by Crippen LogP contribution is 2.29. The summed E-state index contributed by atoms with van der Waals surface area (Å²) in [6, 6.07) is 9.34. The zero-order valence-corrected chi connectivity index (χ0v) is 8.03. The number of thioether (sulfide) groups is 1. The molecule has 0 saturated heterocycles. The molecule has 0 spiro atoms. The monoisotopic (exact) mass is 179 g/mol. The number of fused-ring (bicyclic) bond motifs is 1. The Morgan fingerprint density at radius 2 is 2.25 bits per heavy atom. The van der Waals surface area contributed by atoms with Crippen molar-refractivity contribution in [1.29, 1.82) is 0 Å². The minimum Gasteiger partial charge on any atom is -0.316 e. The molecule has 1 aromatic carbocycles. The van der Waals surface area contributed by atoms with Gasteiger partial charge in [0.15, 0.2) is 0 Å². The van der Waals surface area contributed by atoms with E-state index in [-0.39, 0.29) is 0 Å². The Balaban J connectivity index is 2.23. The maximum atomic E-state index is 3.32. The Labute approximate surface area is 77.6 Å². The third-order valence-electron chi connectivity index (χ3n) is 2.29. The number of benzene rings is 1. The number of rotatable bonds is 1. The smallest absolute Gasteiger partial charge is 0.0199 e. The van der Waals surface area contributed by atoms with Crippen LogP contribution in [0.15, 0.2) is 29.2 Å². The van der Waals surface area contributed by atoms with Crippen molar-refractivity contribution in [2.75, 3.05) is 12.8 Å². The molecule has 1 unspecified atom stereocenters. The molecule has 64 valence electrons. The van der Waals surface area contributed by atoms with Crippen LogP contribution in [0.4, 0.5) is 0 Å². The Bertz CT molecular complexity index is 272. The minimum atomic E-state index is 0.657. The molecule has 1 atom stereocenters. The van der Waals surface area contributed by atoms with Gasteiger partial charge < -0.3 is 5.32 Å². The van der Waals surface area contributed by atoms with Crippen molar-refractivity contribution in [2.45, 2.75) is 17.4 Å². The van der Waals surface area contributed by atoms with Gasteiger partial charge in [0, 0.05) is 16.7 Å². The fourth-order valence-electron chi connectivity index (χ4n) is 1.51. The average molecular weight is 179 g/mol. The van der Waals surface area contributed by atoms with E-state index in [9.17, 15) is 0 Å². The topological polar surface area (TPSA) is 12.0 Å². The lowest BCUT2D eigenvalue weighted by atomic mass is 10.1. The van der Waals surface area contributed by atoms with E-state index < -0.39 is 0 Å². The molecule has 0 radical (unpaired) electrons. The van der Waals surface area contributed by atoms with Crippen molar-refractivity contribution < 1.29 is 0 Å². The van der Waals surface area contributed by atoms with Crippen molar-refractivity contribution >= 4 is 11.8 Å². The van der Waals surface area contributed by atoms with Crippen LogP contribution in [0, 0.1) is 0 Å². The molecule has 2 heteroatoms. The fourth-order valence-corrected chi connectivity index (χ4v) is 2.69. The number of nitrogens with one attached hydrogen (secondary N) is 1. The molecule has 12 heavy (non-hydrogen) atoms. The zero-order chi connectivity index (χ0) is 8.39. The largest absolute Gasteiger partial charge is 0.316 e. The average Bonchev–Trinajstić information content (AvgIpc) is 2.17. The lowest BCUT2D eigenvalue weighted by molar-refractivity contribution is 0.605. The maximum absolute atomic E-state index is 3.32. The second kappa shape index (κ2) is 3.50. The summed E-state index contributed by atoms with van der Waals surface area (Å²) in [6.07, 6.45) is 1.18. The second-order valence-electron chi connectivity index (χ2n) is 3.11. The molecule has 1 N–H and O–H groups in total. The molecule has 1 heterocycles. The molecule has 0 aliphatic carbocycles. The first kappa shape index (κ1) is 8.14. The SMILES string of the molecule is CNC1CSc2ccccc2C1. The van der Waals surface area contributed by atoms with Gasteiger partial charge in [-0.3, -0.25) is 0 Å². The molecular formula is C10H13NS. The predicted octanol–water partition coefficient (Wildman–Crippen LogP) is 1.92. The van der Waals surface area contributed by atoms with E-state index in [1.165, 1.54) is 22.6 Å². The van der Waals surface area contributed by atoms with Crippen LogP contribution in [0.2, 0.25) is 0 Å². The standard InChI is InChI=1S/C10H13NS/c1-11-9-6-8-4-2-3-5-10(8)12-7-9/h2-5,9,11H,6-7H2,1H3. The van der Waals surface area contributed by atoms with Gasteiger partial charge in [0.25, 0.3) is 0 Å². The van der Waals surface area contributed by atoms with Crippen molar-refractivity contribution in [3.63, 3.8) is 0 Å². The van der Waals surface area contributed by atoms with Gasteiger partial charge in [-0.25, -0.2) is 0 Å². The molecule has 0 amide bonds. The van der Waals surface area contributed by atoms with E-state index in [4.69, 9.17) is 0 Å². The van der Waals surface area contributed by atoms with E-state index in [2.05, 4.69) is 29.6 Å². The van der Waals surface area contributed by atoms with Crippen molar-refractivity contribution in [1.82, 2.24) is 5.32 Å². The van der Waals surface area contributed by atoms with Crippen LogP contribution in [-0.2, 0) is 6.42 Å². The van der Waals surface area contributed by atoms with Crippen LogP contribution in [0.3, 0.4) is 0 Å². The van der Waals surface area contributed by atoms with Crippen molar-refractivity contribution in [3.8, 4) is 0 Å². The van der Waals surface area contributed by atoms with E-state index in [1.807, 2.05) is 18.8 Å². The summed E-state index contributed by atoms with van der Waals surface area (Å²) in [5.74, 6) is 1.20. The highest BCUT2D eigenvalue weighted by molar-refractivity contribution is 7.99. The van der Waals surface area contributed by atoms with E-state index in [0.29, 0.717) is 6.04 Å². The third-order valence-corrected chi connectivity index (χ3v) is 3.57. The van der Waals surface area contributed by atoms with E-state index in [0.717, 1.165) is 0 Å². The Kier molecular flexibility index (Phi) is 2.38. The first-order chi connectivity index (χ1) is 5.90. The molecule has 0 saturated carbocycles. The molecule has 1 aromatic rings. The Hall–Kier alpha value is -0.470. The van der Waals surface area contributed by atoms with Gasteiger partial charge in [-0.05, 0) is 25.1 Å². The molecule has 0 aromatic heterocycles. The lowest BCUT2D eigenvalue weighted by Gasteiger charge is -2.23. The molecule has 0 bridgehead atoms. The third kappa shape index (κ3) is 1.50. The summed E-state index contributed by atoms with van der Waals surface area (Å²) in [5, 5.41) is 3.32. The first-order valence-corrected chi connectivity index (χ1v) is 5.26. The summed E-state index contributed by atoms with van der Waals surface area (Å²) in [4.78, 5) is 1.46. The first-order valence-electron chi connectivity index (χ1n) is 4.28. The Morgan fingerprint density at radius 3 is 3.08 bits per heavy atom. The predicted molar refractivity (Wildman–Crippen MR) is 53.7 cm³/mol. The van der Waals surface area contributed by atoms with Gasteiger partial charge in [-0.2, -0.15) is 0 Å². The number of hydrogen-bond donors (Lipinski definition) is 1. The van der Waals surface area contributed by atoms with Crippen molar-refractivity contribution in [3.05, 3.63) is 29.8 Å². The van der Waals surface area contributed by atoms with Crippen LogP contribution in [0.5, 0.6) is 0 Å². The van der Waals surface area contributed by atoms with Gasteiger partial charge in [0.05, 0.1) is 0 Å². The number of likely N-dealkylation sites (N-methyl/N-ethyl adjacent to an activating group) is 1. The van der Waals surface area contributed by atoms with Crippen LogP contribution in [-0.4, -0.2) is 18.8 Å². The van der Waals surface area contributed by atoms with Gasteiger partial charge in [-0.15, -0.1) is 11.8 Å². The van der Waals surface area contributed by atoms with Crippen LogP contribution < -0.4 is 5.32 Å². The zero-order valence-electron chi connectivity index (χ0n) is 7.21. The summed E-state index contributed by atoms with van der Waals surface area (Å²) in [6.45, 7) is 0. The highest BCUT2D eigenvalue weighted by atomic mass is 32.2. The van der Waals surface area contributed by atoms with Gasteiger partial charge in [-0.1, -0.05) is 18.2 Å². The van der Waals surface area contributed by atoms with Crippen LogP contribution in [0.25, 0.3) is 0 Å². The molecule has 2 rings (SSSR count). The van der Waals surface area contributed by atoms with Gasteiger partial charge >= 0.3 is 0 Å². The Morgan fingerprint density at radius 1 is 1.42 bits per heavy atom. The van der Waals surface area contributed by atoms with Crippen LogP contribution >= 0.6 is 11.8 Å². The lowest BCUT2D eigenvalue weighted by Crippen LogP contribution is -2.32. The number of hydrogen-bond acceptors (Lipinski definition) is 2. The summed E-state index contributed by atoms with van der Waals surface area (Å²) >= 11 is 1.96. The molecule has 1 aliphatic rings. The van der Waals surface area contributed by atoms with Crippen LogP contribution in [0.1, 0.15) is 5.56 Å². The van der Waals surface area contributed by atoms with Crippen molar-refractivity contribution in [2.24, 2.45) is 0 Å².